The number of nitrogens with one attached hydrogen (secondary N) is 2. The van der Waals surface area contributed by atoms with Gasteiger partial charge >= 0.3 is 6.09 Å². The van der Waals surface area contributed by atoms with Gasteiger partial charge in [0.05, 0.1) is 12.3 Å². The molecule has 0 heterocycles. The number of carbonyl (C=O) groups is 1. The molecule has 1 aromatic rings. The monoisotopic (exact) mass is 238 g/mol. The Hall–Kier alpha value is -1.91. The van der Waals surface area contributed by atoms with Crippen molar-refractivity contribution in [3.8, 4) is 5.75 Å². The van der Waals surface area contributed by atoms with E-state index < -0.39 is 6.09 Å². The molecule has 0 saturated heterocycles. The molecule has 17 heavy (non-hydrogen) atoms. The summed E-state index contributed by atoms with van der Waals surface area (Å²) < 4.78 is 4.72. The van der Waals surface area contributed by atoms with Gasteiger partial charge in [0.1, 0.15) is 5.75 Å². The predicted octanol–water partition coefficient (Wildman–Crippen LogP) is 2.78. The highest BCUT2D eigenvalue weighted by atomic mass is 16.5. The van der Waals surface area contributed by atoms with E-state index in [1.54, 1.807) is 25.1 Å². The second-order valence-corrected chi connectivity index (χ2v) is 3.50. The van der Waals surface area contributed by atoms with Gasteiger partial charge in [0.25, 0.3) is 0 Å². The van der Waals surface area contributed by atoms with Gasteiger partial charge in [0.2, 0.25) is 0 Å². The summed E-state index contributed by atoms with van der Waals surface area (Å²) >= 11 is 0. The van der Waals surface area contributed by atoms with E-state index in [9.17, 15) is 9.90 Å². The van der Waals surface area contributed by atoms with Crippen LogP contribution in [0.5, 0.6) is 5.75 Å². The van der Waals surface area contributed by atoms with E-state index in [4.69, 9.17) is 4.74 Å². The van der Waals surface area contributed by atoms with Gasteiger partial charge in [-0.1, -0.05) is 6.92 Å². The van der Waals surface area contributed by atoms with Crippen LogP contribution in [0.1, 0.15) is 20.3 Å². The molecule has 1 rings (SSSR count). The lowest BCUT2D eigenvalue weighted by atomic mass is 10.2. The Balaban J connectivity index is 2.65. The Bertz CT molecular complexity index is 380. The standard InChI is InChI=1S/C12H18N2O3/c1-3-7-13-9-5-6-10(11(15)8-9)14-12(16)17-4-2/h5-6,8,13,15H,3-4,7H2,1-2H3,(H,14,16). The first-order chi connectivity index (χ1) is 8.17. The van der Waals surface area contributed by atoms with Crippen LogP contribution in [-0.4, -0.2) is 24.4 Å². The van der Waals surface area contributed by atoms with Crippen LogP contribution in [0.4, 0.5) is 16.2 Å². The first-order valence-corrected chi connectivity index (χ1v) is 5.68. The minimum absolute atomic E-state index is 0.0131. The molecule has 0 spiro atoms. The SMILES string of the molecule is CCCNc1ccc(NC(=O)OCC)c(O)c1. The minimum atomic E-state index is -0.572. The van der Waals surface area contributed by atoms with E-state index in [0.717, 1.165) is 18.7 Å². The number of hydrogen-bond acceptors (Lipinski definition) is 4. The number of phenols is 1. The fourth-order valence-corrected chi connectivity index (χ4v) is 1.29. The van der Waals surface area contributed by atoms with E-state index in [1.807, 2.05) is 0 Å². The highest BCUT2D eigenvalue weighted by Crippen LogP contribution is 2.26. The Morgan fingerprint density at radius 2 is 2.18 bits per heavy atom. The van der Waals surface area contributed by atoms with E-state index in [2.05, 4.69) is 17.6 Å². The maximum absolute atomic E-state index is 11.2. The Kier molecular flexibility index (Phi) is 5.13. The van der Waals surface area contributed by atoms with Crippen LogP contribution in [-0.2, 0) is 4.74 Å². The lowest BCUT2D eigenvalue weighted by Crippen LogP contribution is -2.13. The molecular weight excluding hydrogens is 220 g/mol. The highest BCUT2D eigenvalue weighted by Gasteiger charge is 2.07. The summed E-state index contributed by atoms with van der Waals surface area (Å²) in [4.78, 5) is 11.2. The molecule has 0 bridgehead atoms. The van der Waals surface area contributed by atoms with Crippen molar-refractivity contribution in [3.63, 3.8) is 0 Å². The quantitative estimate of drug-likeness (QED) is 0.690. The molecule has 5 nitrogen and oxygen atoms in total. The van der Waals surface area contributed by atoms with Crippen LogP contribution in [0.15, 0.2) is 18.2 Å². The molecule has 0 radical (unpaired) electrons. The summed E-state index contributed by atoms with van der Waals surface area (Å²) in [6, 6.07) is 4.98. The molecular formula is C12H18N2O3. The van der Waals surface area contributed by atoms with Crippen molar-refractivity contribution in [1.82, 2.24) is 0 Å². The number of phenolic OH excluding ortho intramolecular Hbond substituents is 1. The largest absolute Gasteiger partial charge is 0.506 e. The van der Waals surface area contributed by atoms with Crippen LogP contribution < -0.4 is 10.6 Å². The summed E-state index contributed by atoms with van der Waals surface area (Å²) in [5.74, 6) is 0.0131. The number of hydrogen-bond donors (Lipinski definition) is 3. The fourth-order valence-electron chi connectivity index (χ4n) is 1.29. The van der Waals surface area contributed by atoms with Crippen molar-refractivity contribution in [2.24, 2.45) is 0 Å². The molecule has 0 unspecified atom stereocenters. The van der Waals surface area contributed by atoms with Gasteiger partial charge in [-0.05, 0) is 25.5 Å². The van der Waals surface area contributed by atoms with E-state index in [-0.39, 0.29) is 5.75 Å². The van der Waals surface area contributed by atoms with Gasteiger partial charge in [-0.15, -0.1) is 0 Å². The van der Waals surface area contributed by atoms with Crippen LogP contribution in [0.2, 0.25) is 0 Å². The zero-order chi connectivity index (χ0) is 12.7. The Morgan fingerprint density at radius 1 is 1.41 bits per heavy atom. The van der Waals surface area contributed by atoms with Gasteiger partial charge in [-0.3, -0.25) is 5.32 Å². The highest BCUT2D eigenvalue weighted by molar-refractivity contribution is 5.87. The van der Waals surface area contributed by atoms with Crippen molar-refractivity contribution in [2.75, 3.05) is 23.8 Å². The molecule has 0 aliphatic carbocycles. The Morgan fingerprint density at radius 3 is 2.76 bits per heavy atom. The summed E-state index contributed by atoms with van der Waals surface area (Å²) in [6.07, 6.45) is 0.431. The molecule has 0 aliphatic heterocycles. The number of ether oxygens (including phenoxy) is 1. The van der Waals surface area contributed by atoms with Gasteiger partial charge in [-0.2, -0.15) is 0 Å². The summed E-state index contributed by atoms with van der Waals surface area (Å²) in [7, 11) is 0. The van der Waals surface area contributed by atoms with Gasteiger partial charge in [-0.25, -0.2) is 4.79 Å². The number of benzene rings is 1. The fraction of sp³-hybridized carbons (Fsp3) is 0.417. The molecule has 0 atom stereocenters. The third kappa shape index (κ3) is 4.22. The predicted molar refractivity (Wildman–Crippen MR) is 67.5 cm³/mol. The van der Waals surface area contributed by atoms with E-state index >= 15 is 0 Å². The van der Waals surface area contributed by atoms with Crippen LogP contribution in [0.3, 0.4) is 0 Å². The molecule has 94 valence electrons. The number of rotatable bonds is 5. The molecule has 1 aromatic carbocycles. The molecule has 5 heteroatoms. The van der Waals surface area contributed by atoms with Crippen molar-refractivity contribution in [3.05, 3.63) is 18.2 Å². The summed E-state index contributed by atoms with van der Waals surface area (Å²) in [5.41, 5.74) is 1.16. The first kappa shape index (κ1) is 13.2. The molecule has 1 amide bonds. The molecule has 0 aromatic heterocycles. The second-order valence-electron chi connectivity index (χ2n) is 3.50. The smallest absolute Gasteiger partial charge is 0.411 e. The summed E-state index contributed by atoms with van der Waals surface area (Å²) in [6.45, 7) is 4.91. The van der Waals surface area contributed by atoms with Crippen LogP contribution >= 0.6 is 0 Å². The Labute approximate surface area is 101 Å². The molecule has 0 fully saturated rings. The third-order valence-corrected chi connectivity index (χ3v) is 2.09. The van der Waals surface area contributed by atoms with Gasteiger partial charge in [0.15, 0.2) is 0 Å². The third-order valence-electron chi connectivity index (χ3n) is 2.09. The lowest BCUT2D eigenvalue weighted by Gasteiger charge is -2.10. The minimum Gasteiger partial charge on any atom is -0.506 e. The average molecular weight is 238 g/mol. The van der Waals surface area contributed by atoms with Crippen molar-refractivity contribution < 1.29 is 14.6 Å². The molecule has 3 N–H and O–H groups in total. The van der Waals surface area contributed by atoms with Crippen molar-refractivity contribution >= 4 is 17.5 Å². The number of aromatic hydroxyl groups is 1. The van der Waals surface area contributed by atoms with Crippen molar-refractivity contribution in [1.29, 1.82) is 0 Å². The number of anilines is 2. The second kappa shape index (κ2) is 6.62. The van der Waals surface area contributed by atoms with E-state index in [0.29, 0.717) is 12.3 Å². The van der Waals surface area contributed by atoms with E-state index in [1.165, 1.54) is 0 Å². The average Bonchev–Trinajstić information content (AvgIpc) is 2.30. The van der Waals surface area contributed by atoms with Gasteiger partial charge in [0, 0.05) is 18.3 Å². The van der Waals surface area contributed by atoms with Gasteiger partial charge < -0.3 is 15.2 Å². The normalized spacial score (nSPS) is 9.76. The lowest BCUT2D eigenvalue weighted by molar-refractivity contribution is 0.168. The van der Waals surface area contributed by atoms with Crippen LogP contribution in [0.25, 0.3) is 0 Å². The summed E-state index contributed by atoms with van der Waals surface area (Å²) in [5, 5.41) is 15.3. The maximum atomic E-state index is 11.2. The maximum Gasteiger partial charge on any atom is 0.411 e. The number of carbonyl (C=O) groups excluding carboxylic acids is 1. The number of amides is 1. The first-order valence-electron chi connectivity index (χ1n) is 5.68. The molecule has 0 saturated carbocycles. The van der Waals surface area contributed by atoms with Crippen molar-refractivity contribution in [2.45, 2.75) is 20.3 Å². The van der Waals surface area contributed by atoms with Crippen LogP contribution in [0, 0.1) is 0 Å². The zero-order valence-electron chi connectivity index (χ0n) is 10.1. The zero-order valence-corrected chi connectivity index (χ0v) is 10.1. The topological polar surface area (TPSA) is 70.6 Å². The molecule has 0 aliphatic rings.